The molecule has 0 atom stereocenters. The van der Waals surface area contributed by atoms with E-state index in [2.05, 4.69) is 20.8 Å². The Morgan fingerprint density at radius 1 is 1.30 bits per heavy atom. The van der Waals surface area contributed by atoms with Gasteiger partial charge in [0.25, 0.3) is 0 Å². The van der Waals surface area contributed by atoms with Crippen molar-refractivity contribution in [2.45, 2.75) is 51.5 Å². The van der Waals surface area contributed by atoms with E-state index in [9.17, 15) is 4.79 Å². The van der Waals surface area contributed by atoms with Crippen molar-refractivity contribution >= 4 is 17.5 Å². The Balaban J connectivity index is 2.11. The van der Waals surface area contributed by atoms with Gasteiger partial charge in [-0.3, -0.25) is 4.79 Å². The number of tetrazole rings is 1. The third kappa shape index (κ3) is 2.95. The molecule has 1 aromatic carbocycles. The van der Waals surface area contributed by atoms with E-state index in [0.717, 1.165) is 36.9 Å². The lowest BCUT2D eigenvalue weighted by Crippen LogP contribution is -2.48. The van der Waals surface area contributed by atoms with E-state index in [1.165, 1.54) is 13.3 Å². The van der Waals surface area contributed by atoms with Gasteiger partial charge >= 0.3 is 0 Å². The zero-order valence-corrected chi connectivity index (χ0v) is 14.1. The number of nitrogens with zero attached hydrogens (tertiary/aromatic N) is 4. The summed E-state index contributed by atoms with van der Waals surface area (Å²) in [5, 5.41) is 16.1. The van der Waals surface area contributed by atoms with Gasteiger partial charge in [-0.15, -0.1) is 5.10 Å². The summed E-state index contributed by atoms with van der Waals surface area (Å²) in [4.78, 5) is 11.8. The van der Waals surface area contributed by atoms with Crippen molar-refractivity contribution in [3.8, 4) is 5.69 Å². The highest BCUT2D eigenvalue weighted by molar-refractivity contribution is 6.31. The van der Waals surface area contributed by atoms with Gasteiger partial charge in [0.15, 0.2) is 5.82 Å². The number of rotatable bonds is 3. The van der Waals surface area contributed by atoms with Gasteiger partial charge in [0.2, 0.25) is 5.91 Å². The number of hydrogen-bond donors (Lipinski definition) is 1. The molecule has 1 heterocycles. The van der Waals surface area contributed by atoms with Crippen molar-refractivity contribution in [2.24, 2.45) is 0 Å². The minimum absolute atomic E-state index is 0.0655. The molecular formula is C16H20ClN5O. The van der Waals surface area contributed by atoms with Crippen molar-refractivity contribution < 1.29 is 4.79 Å². The zero-order chi connectivity index (χ0) is 16.4. The average molecular weight is 334 g/mol. The van der Waals surface area contributed by atoms with E-state index in [1.54, 1.807) is 4.68 Å². The average Bonchev–Trinajstić information content (AvgIpc) is 3.00. The fourth-order valence-corrected chi connectivity index (χ4v) is 3.54. The number of nitrogens with one attached hydrogen (secondary N) is 1. The molecule has 0 bridgehead atoms. The number of benzene rings is 1. The molecule has 1 amide bonds. The minimum atomic E-state index is -0.512. The van der Waals surface area contributed by atoms with Gasteiger partial charge in [0.1, 0.15) is 5.54 Å². The highest BCUT2D eigenvalue weighted by atomic mass is 35.5. The van der Waals surface area contributed by atoms with Gasteiger partial charge in [0.05, 0.1) is 5.69 Å². The Bertz CT molecular complexity index is 721. The lowest BCUT2D eigenvalue weighted by molar-refractivity contribution is -0.121. The molecule has 6 nitrogen and oxygen atoms in total. The van der Waals surface area contributed by atoms with E-state index < -0.39 is 5.54 Å². The van der Waals surface area contributed by atoms with Crippen LogP contribution in [0.25, 0.3) is 5.69 Å². The Morgan fingerprint density at radius 2 is 2.04 bits per heavy atom. The van der Waals surface area contributed by atoms with Gasteiger partial charge < -0.3 is 5.32 Å². The summed E-state index contributed by atoms with van der Waals surface area (Å²) in [5.41, 5.74) is 1.24. The Hall–Kier alpha value is -1.95. The third-order valence-electron chi connectivity index (χ3n) is 4.49. The molecule has 0 aliphatic heterocycles. The van der Waals surface area contributed by atoms with Crippen molar-refractivity contribution in [3.63, 3.8) is 0 Å². The largest absolute Gasteiger partial charge is 0.344 e. The predicted molar refractivity (Wildman–Crippen MR) is 87.5 cm³/mol. The summed E-state index contributed by atoms with van der Waals surface area (Å²) in [5.74, 6) is 0.613. The Labute approximate surface area is 140 Å². The van der Waals surface area contributed by atoms with Gasteiger partial charge in [-0.25, -0.2) is 0 Å². The standard InChI is InChI=1S/C16H20ClN5O/c1-11-13(17)7-6-8-14(11)22-15(19-20-21-22)16(18-12(2)23)9-4-3-5-10-16/h6-8H,3-5,9-10H2,1-2H3,(H,18,23). The molecule has 1 N–H and O–H groups in total. The summed E-state index contributed by atoms with van der Waals surface area (Å²) in [7, 11) is 0. The zero-order valence-electron chi connectivity index (χ0n) is 13.3. The number of hydrogen-bond acceptors (Lipinski definition) is 4. The molecule has 0 radical (unpaired) electrons. The molecule has 1 fully saturated rings. The smallest absolute Gasteiger partial charge is 0.217 e. The van der Waals surface area contributed by atoms with Crippen LogP contribution in [0.15, 0.2) is 18.2 Å². The molecule has 23 heavy (non-hydrogen) atoms. The Morgan fingerprint density at radius 3 is 2.74 bits per heavy atom. The summed E-state index contributed by atoms with van der Waals surface area (Å²) in [6.45, 7) is 3.48. The van der Waals surface area contributed by atoms with Crippen molar-refractivity contribution in [1.82, 2.24) is 25.5 Å². The first-order chi connectivity index (χ1) is 11.0. The highest BCUT2D eigenvalue weighted by Gasteiger charge is 2.40. The number of amides is 1. The summed E-state index contributed by atoms with van der Waals surface area (Å²) < 4.78 is 1.71. The van der Waals surface area contributed by atoms with Crippen LogP contribution in [0.4, 0.5) is 0 Å². The molecule has 0 unspecified atom stereocenters. The third-order valence-corrected chi connectivity index (χ3v) is 4.90. The van der Waals surface area contributed by atoms with Gasteiger partial charge in [0, 0.05) is 11.9 Å². The van der Waals surface area contributed by atoms with Crippen molar-refractivity contribution in [3.05, 3.63) is 34.6 Å². The maximum absolute atomic E-state index is 11.8. The van der Waals surface area contributed by atoms with E-state index >= 15 is 0 Å². The summed E-state index contributed by atoms with van der Waals surface area (Å²) >= 11 is 6.24. The van der Waals surface area contributed by atoms with E-state index in [4.69, 9.17) is 11.6 Å². The van der Waals surface area contributed by atoms with E-state index in [1.807, 2.05) is 25.1 Å². The number of carbonyl (C=O) groups is 1. The molecule has 7 heteroatoms. The summed E-state index contributed by atoms with van der Waals surface area (Å²) in [6, 6.07) is 5.65. The molecule has 2 aromatic rings. The van der Waals surface area contributed by atoms with Crippen LogP contribution in [0, 0.1) is 6.92 Å². The second-order valence-corrected chi connectivity index (χ2v) is 6.53. The molecule has 122 valence electrons. The van der Waals surface area contributed by atoms with E-state index in [0.29, 0.717) is 10.8 Å². The van der Waals surface area contributed by atoms with Crippen molar-refractivity contribution in [2.75, 3.05) is 0 Å². The van der Waals surface area contributed by atoms with Crippen LogP contribution < -0.4 is 5.32 Å². The Kier molecular flexibility index (Phi) is 4.35. The van der Waals surface area contributed by atoms with Gasteiger partial charge in [-0.2, -0.15) is 4.68 Å². The normalized spacial score (nSPS) is 17.0. The van der Waals surface area contributed by atoms with Crippen LogP contribution in [0.3, 0.4) is 0 Å². The SMILES string of the molecule is CC(=O)NC1(c2nnnn2-c2cccc(Cl)c2C)CCCCC1. The molecule has 1 aliphatic carbocycles. The maximum atomic E-state index is 11.8. The van der Waals surface area contributed by atoms with Crippen LogP contribution in [-0.4, -0.2) is 26.1 Å². The molecule has 0 spiro atoms. The topological polar surface area (TPSA) is 72.7 Å². The quantitative estimate of drug-likeness (QED) is 0.937. The van der Waals surface area contributed by atoms with Gasteiger partial charge in [-0.05, 0) is 47.9 Å². The lowest BCUT2D eigenvalue weighted by Gasteiger charge is -2.36. The molecule has 1 aliphatic rings. The fourth-order valence-electron chi connectivity index (χ4n) is 3.37. The monoisotopic (exact) mass is 333 g/mol. The molecule has 1 saturated carbocycles. The second kappa shape index (κ2) is 6.28. The first-order valence-corrected chi connectivity index (χ1v) is 8.24. The predicted octanol–water partition coefficient (Wildman–Crippen LogP) is 2.92. The maximum Gasteiger partial charge on any atom is 0.217 e. The van der Waals surface area contributed by atoms with Crippen LogP contribution >= 0.6 is 11.6 Å². The first-order valence-electron chi connectivity index (χ1n) is 7.87. The summed E-state index contributed by atoms with van der Waals surface area (Å²) in [6.07, 6.45) is 4.93. The second-order valence-electron chi connectivity index (χ2n) is 6.12. The molecule has 3 rings (SSSR count). The molecular weight excluding hydrogens is 314 g/mol. The van der Waals surface area contributed by atoms with Crippen LogP contribution in [0.2, 0.25) is 5.02 Å². The lowest BCUT2D eigenvalue weighted by atomic mass is 9.80. The minimum Gasteiger partial charge on any atom is -0.344 e. The van der Waals surface area contributed by atoms with Crippen LogP contribution in [0.5, 0.6) is 0 Å². The molecule has 0 saturated heterocycles. The van der Waals surface area contributed by atoms with Crippen LogP contribution in [0.1, 0.15) is 50.4 Å². The number of aromatic nitrogens is 4. The van der Waals surface area contributed by atoms with E-state index in [-0.39, 0.29) is 5.91 Å². The highest BCUT2D eigenvalue weighted by Crippen LogP contribution is 2.37. The number of carbonyl (C=O) groups excluding carboxylic acids is 1. The van der Waals surface area contributed by atoms with Crippen LogP contribution in [-0.2, 0) is 10.3 Å². The van der Waals surface area contributed by atoms with Gasteiger partial charge in [-0.1, -0.05) is 36.9 Å². The number of halogens is 1. The van der Waals surface area contributed by atoms with Crippen molar-refractivity contribution in [1.29, 1.82) is 0 Å². The first kappa shape index (κ1) is 15.9. The fraction of sp³-hybridized carbons (Fsp3) is 0.500. The molecule has 1 aromatic heterocycles.